The Hall–Kier alpha value is -4.12. The molecule has 11 heteroatoms. The van der Waals surface area contributed by atoms with E-state index in [1.54, 1.807) is 37.5 Å². The van der Waals surface area contributed by atoms with Gasteiger partial charge in [0.25, 0.3) is 5.91 Å². The molecular weight excluding hydrogens is 412 g/mol. The van der Waals surface area contributed by atoms with E-state index in [-0.39, 0.29) is 18.1 Å². The van der Waals surface area contributed by atoms with Crippen molar-refractivity contribution in [2.75, 3.05) is 18.9 Å². The Balaban J connectivity index is 1.39. The third-order valence-electron chi connectivity index (χ3n) is 5.20. The van der Waals surface area contributed by atoms with Crippen molar-refractivity contribution in [1.82, 2.24) is 34.8 Å². The zero-order valence-electron chi connectivity index (χ0n) is 19.9. The largest absolute Gasteiger partial charge is 0.373 e. The normalized spacial score (nSPS) is 20.1. The summed E-state index contributed by atoms with van der Waals surface area (Å²) < 4.78 is 28.4. The van der Waals surface area contributed by atoms with Gasteiger partial charge in [0.2, 0.25) is 11.5 Å². The number of likely N-dealkylation sites (tertiary alicyclic amines) is 1. The van der Waals surface area contributed by atoms with Gasteiger partial charge in [-0.15, -0.1) is 0 Å². The first kappa shape index (κ1) is 16.6. The van der Waals surface area contributed by atoms with E-state index in [9.17, 15) is 9.90 Å². The third-order valence-corrected chi connectivity index (χ3v) is 5.20. The molecule has 1 fully saturated rings. The third kappa shape index (κ3) is 3.48. The topological polar surface area (TPSA) is 135 Å². The molecule has 162 valence electrons. The molecule has 0 radical (unpaired) electrons. The van der Waals surface area contributed by atoms with E-state index in [0.717, 1.165) is 4.68 Å². The highest BCUT2D eigenvalue weighted by Gasteiger charge is 2.48. The lowest BCUT2D eigenvalue weighted by molar-refractivity contribution is -0.144. The van der Waals surface area contributed by atoms with Crippen LogP contribution in [0.15, 0.2) is 53.4 Å². The molecular formula is C21H20N8O3. The van der Waals surface area contributed by atoms with Crippen LogP contribution in [0.5, 0.6) is 0 Å². The molecule has 5 heterocycles. The number of nitrogens with one attached hydrogen (secondary N) is 1. The maximum Gasteiger partial charge on any atom is 0.262 e. The van der Waals surface area contributed by atoms with Crippen LogP contribution in [0.4, 0.5) is 11.6 Å². The summed E-state index contributed by atoms with van der Waals surface area (Å²) in [6.07, 6.45) is 4.46. The molecule has 1 unspecified atom stereocenters. The number of hydrogen-bond donors (Lipinski definition) is 2. The number of amides is 1. The van der Waals surface area contributed by atoms with Crippen molar-refractivity contribution in [2.45, 2.75) is 12.0 Å². The van der Waals surface area contributed by atoms with Gasteiger partial charge < -0.3 is 19.8 Å². The summed E-state index contributed by atoms with van der Waals surface area (Å²) in [7, 11) is 1.62. The first-order valence-electron chi connectivity index (χ1n) is 11.2. The molecule has 0 saturated carbocycles. The van der Waals surface area contributed by atoms with E-state index < -0.39 is 18.5 Å². The fourth-order valence-electron chi connectivity index (χ4n) is 3.47. The van der Waals surface area contributed by atoms with Gasteiger partial charge in [-0.2, -0.15) is 5.10 Å². The summed E-state index contributed by atoms with van der Waals surface area (Å²) in [5.41, 5.74) is 0.529. The lowest BCUT2D eigenvalue weighted by Gasteiger charge is -2.16. The van der Waals surface area contributed by atoms with Crippen molar-refractivity contribution in [3.63, 3.8) is 0 Å². The average Bonchev–Trinajstić information content (AvgIpc) is 3.57. The Morgan fingerprint density at radius 1 is 1.22 bits per heavy atom. The van der Waals surface area contributed by atoms with E-state index in [0.29, 0.717) is 35.0 Å². The molecule has 0 spiro atoms. The molecule has 11 nitrogen and oxygen atoms in total. The smallest absolute Gasteiger partial charge is 0.262 e. The van der Waals surface area contributed by atoms with Crippen molar-refractivity contribution in [3.8, 4) is 22.8 Å². The maximum atomic E-state index is 12.3. The Morgan fingerprint density at radius 2 is 2.03 bits per heavy atom. The zero-order valence-corrected chi connectivity index (χ0v) is 16.9. The van der Waals surface area contributed by atoms with Gasteiger partial charge in [-0.1, -0.05) is 11.2 Å². The Kier molecular flexibility index (Phi) is 3.90. The van der Waals surface area contributed by atoms with Crippen LogP contribution in [0.3, 0.4) is 0 Å². The van der Waals surface area contributed by atoms with E-state index in [2.05, 4.69) is 30.5 Å². The van der Waals surface area contributed by atoms with Crippen molar-refractivity contribution in [3.05, 3.63) is 54.7 Å². The molecule has 0 aromatic carbocycles. The van der Waals surface area contributed by atoms with Crippen LogP contribution in [-0.4, -0.2) is 59.4 Å². The van der Waals surface area contributed by atoms with Crippen LogP contribution in [0.1, 0.15) is 16.3 Å². The number of hydrogen-bond acceptors (Lipinski definition) is 9. The average molecular weight is 435 g/mol. The lowest BCUT2D eigenvalue weighted by Crippen LogP contribution is -2.35. The highest BCUT2D eigenvalue weighted by Crippen LogP contribution is 2.34. The van der Waals surface area contributed by atoms with Crippen LogP contribution in [0, 0.1) is 0 Å². The van der Waals surface area contributed by atoms with Gasteiger partial charge in [0.15, 0.2) is 5.76 Å². The zero-order chi connectivity index (χ0) is 24.8. The summed E-state index contributed by atoms with van der Waals surface area (Å²) in [6, 6.07) is 8.43. The van der Waals surface area contributed by atoms with Crippen LogP contribution in [0.2, 0.25) is 0 Å². The quantitative estimate of drug-likeness (QED) is 0.480. The fourth-order valence-corrected chi connectivity index (χ4v) is 3.47. The second-order valence-electron chi connectivity index (χ2n) is 7.39. The monoisotopic (exact) mass is 435 g/mol. The van der Waals surface area contributed by atoms with E-state index >= 15 is 0 Å². The van der Waals surface area contributed by atoms with Gasteiger partial charge in [-0.05, 0) is 18.2 Å². The minimum Gasteiger partial charge on any atom is -0.373 e. The summed E-state index contributed by atoms with van der Waals surface area (Å²) >= 11 is 0. The Bertz CT molecular complexity index is 1400. The summed E-state index contributed by atoms with van der Waals surface area (Å²) in [5, 5.41) is 21.5. The van der Waals surface area contributed by atoms with Crippen LogP contribution >= 0.6 is 0 Å². The van der Waals surface area contributed by atoms with Crippen LogP contribution < -0.4 is 5.32 Å². The first-order chi connectivity index (χ1) is 16.6. The number of carbonyl (C=O) groups is 1. The Morgan fingerprint density at radius 3 is 2.78 bits per heavy atom. The van der Waals surface area contributed by atoms with Gasteiger partial charge >= 0.3 is 0 Å². The highest BCUT2D eigenvalue weighted by atomic mass is 16.5. The van der Waals surface area contributed by atoms with Crippen LogP contribution in [0.25, 0.3) is 22.8 Å². The second kappa shape index (κ2) is 7.54. The van der Waals surface area contributed by atoms with Gasteiger partial charge in [0.05, 0.1) is 29.0 Å². The predicted octanol–water partition coefficient (Wildman–Crippen LogP) is 1.72. The van der Waals surface area contributed by atoms with Gasteiger partial charge in [-0.3, -0.25) is 9.48 Å². The number of carbonyl (C=O) groups excluding carboxylic acids is 1. The van der Waals surface area contributed by atoms with E-state index in [1.165, 1.54) is 23.4 Å². The molecule has 4 aromatic rings. The van der Waals surface area contributed by atoms with Crippen molar-refractivity contribution in [2.24, 2.45) is 6.98 Å². The molecule has 1 saturated heterocycles. The number of likely N-dealkylation sites (N-methyl/N-ethyl adjacent to an activating group) is 1. The minimum atomic E-state index is -2.38. The molecule has 4 aromatic heterocycles. The number of rotatable bonds is 5. The maximum absolute atomic E-state index is 12.3. The number of pyridine rings is 1. The molecule has 2 N–H and O–H groups in total. The van der Waals surface area contributed by atoms with Gasteiger partial charge in [0, 0.05) is 49.6 Å². The second-order valence-corrected chi connectivity index (χ2v) is 7.39. The standard InChI is InChI=1S/C21H20N8O3/c1-28-9-7-21(31,19(28)30)18-10-17(27-32-18)15-5-3-4-14(25-15)16-6-8-22-20(26-16)24-13-11-23-29(2)12-13/h3-6,8,10-12,31H,7,9H2,1-2H3,(H,22,24,26)/i2D3. The summed E-state index contributed by atoms with van der Waals surface area (Å²) in [4.78, 5) is 27.0. The molecule has 0 aliphatic carbocycles. The van der Waals surface area contributed by atoms with Crippen LogP contribution in [-0.2, 0) is 17.4 Å². The summed E-state index contributed by atoms with van der Waals surface area (Å²) in [5.74, 6) is -0.137. The SMILES string of the molecule is [2H]C([2H])([2H])n1cc(Nc2nccc(-c3cccc(-c4cc(C5(O)CCN(C)C5=O)on4)n3)n2)cn1. The van der Waals surface area contributed by atoms with Crippen molar-refractivity contribution >= 4 is 17.5 Å². The molecule has 1 aliphatic rings. The van der Waals surface area contributed by atoms with Gasteiger partial charge in [-0.25, -0.2) is 15.0 Å². The predicted molar refractivity (Wildman–Crippen MR) is 113 cm³/mol. The van der Waals surface area contributed by atoms with E-state index in [1.807, 2.05) is 0 Å². The fraction of sp³-hybridized carbons (Fsp3) is 0.238. The molecule has 0 bridgehead atoms. The molecule has 32 heavy (non-hydrogen) atoms. The summed E-state index contributed by atoms with van der Waals surface area (Å²) in [6.45, 7) is -1.97. The van der Waals surface area contributed by atoms with Crippen molar-refractivity contribution < 1.29 is 18.5 Å². The molecule has 1 amide bonds. The number of nitrogens with zero attached hydrogens (tertiary/aromatic N) is 7. The first-order valence-corrected chi connectivity index (χ1v) is 9.72. The van der Waals surface area contributed by atoms with Gasteiger partial charge in [0.1, 0.15) is 5.69 Å². The van der Waals surface area contributed by atoms with Crippen molar-refractivity contribution in [1.29, 1.82) is 0 Å². The number of aromatic nitrogens is 6. The number of aliphatic hydroxyl groups is 1. The lowest BCUT2D eigenvalue weighted by atomic mass is 9.98. The minimum absolute atomic E-state index is 0.0696. The molecule has 1 atom stereocenters. The molecule has 5 rings (SSSR count). The number of anilines is 2. The van der Waals surface area contributed by atoms with E-state index in [4.69, 9.17) is 8.64 Å². The highest BCUT2D eigenvalue weighted by molar-refractivity contribution is 5.87. The molecule has 1 aliphatic heterocycles. The number of aryl methyl sites for hydroxylation is 1. The Labute approximate surface area is 186 Å².